The van der Waals surface area contributed by atoms with Crippen molar-refractivity contribution in [3.05, 3.63) is 35.9 Å². The van der Waals surface area contributed by atoms with E-state index in [9.17, 15) is 8.42 Å². The fourth-order valence-electron chi connectivity index (χ4n) is 3.34. The van der Waals surface area contributed by atoms with Gasteiger partial charge in [0.2, 0.25) is 0 Å². The van der Waals surface area contributed by atoms with Gasteiger partial charge in [-0.2, -0.15) is 0 Å². The third-order valence-electron chi connectivity index (χ3n) is 5.18. The molecule has 1 aromatic carbocycles. The number of guanidine groups is 1. The molecule has 6 nitrogen and oxygen atoms in total. The Morgan fingerprint density at radius 3 is 2.54 bits per heavy atom. The van der Waals surface area contributed by atoms with Crippen molar-refractivity contribution in [3.63, 3.8) is 0 Å². The van der Waals surface area contributed by atoms with Crippen LogP contribution < -0.4 is 10.6 Å². The van der Waals surface area contributed by atoms with Crippen LogP contribution >= 0.6 is 0 Å². The lowest BCUT2D eigenvalue weighted by molar-refractivity contribution is 0.258. The number of rotatable bonds is 7. The zero-order valence-corrected chi connectivity index (χ0v) is 18.7. The maximum Gasteiger partial charge on any atom is 0.191 e. The molecule has 7 heteroatoms. The summed E-state index contributed by atoms with van der Waals surface area (Å²) in [4.78, 5) is 6.98. The smallest absolute Gasteiger partial charge is 0.191 e. The zero-order chi connectivity index (χ0) is 20.8. The number of sulfone groups is 1. The van der Waals surface area contributed by atoms with Crippen LogP contribution in [0.2, 0.25) is 0 Å². The van der Waals surface area contributed by atoms with E-state index in [-0.39, 0.29) is 12.3 Å². The first-order chi connectivity index (χ1) is 13.1. The lowest BCUT2D eigenvalue weighted by Gasteiger charge is -2.21. The molecule has 0 aromatic heterocycles. The highest BCUT2D eigenvalue weighted by Crippen LogP contribution is 2.20. The summed E-state index contributed by atoms with van der Waals surface area (Å²) in [5, 5.41) is 6.73. The van der Waals surface area contributed by atoms with Gasteiger partial charge in [-0.1, -0.05) is 30.3 Å². The van der Waals surface area contributed by atoms with Crippen LogP contribution in [0.5, 0.6) is 0 Å². The Morgan fingerprint density at radius 1 is 1.25 bits per heavy atom. The van der Waals surface area contributed by atoms with Crippen LogP contribution in [0, 0.1) is 0 Å². The highest BCUT2D eigenvalue weighted by molar-refractivity contribution is 7.92. The number of hydrogen-bond acceptors (Lipinski definition) is 4. The van der Waals surface area contributed by atoms with E-state index in [0.29, 0.717) is 18.0 Å². The molecule has 1 fully saturated rings. The van der Waals surface area contributed by atoms with Gasteiger partial charge < -0.3 is 10.6 Å². The number of aliphatic imine (C=N–C) groups is 1. The van der Waals surface area contributed by atoms with Crippen molar-refractivity contribution in [3.8, 4) is 0 Å². The summed E-state index contributed by atoms with van der Waals surface area (Å²) in [6.07, 6.45) is 1.04. The molecule has 0 radical (unpaired) electrons. The van der Waals surface area contributed by atoms with Crippen molar-refractivity contribution >= 4 is 15.8 Å². The molecule has 2 N–H and O–H groups in total. The van der Waals surface area contributed by atoms with Gasteiger partial charge >= 0.3 is 0 Å². The first-order valence-electron chi connectivity index (χ1n) is 10.2. The molecule has 1 aromatic rings. The maximum atomic E-state index is 12.3. The van der Waals surface area contributed by atoms with Crippen molar-refractivity contribution in [1.82, 2.24) is 15.5 Å². The molecule has 0 bridgehead atoms. The third-order valence-corrected chi connectivity index (χ3v) is 7.77. The molecule has 2 rings (SSSR count). The van der Waals surface area contributed by atoms with E-state index in [1.54, 1.807) is 20.8 Å². The van der Waals surface area contributed by atoms with Crippen LogP contribution in [0.1, 0.15) is 46.6 Å². The van der Waals surface area contributed by atoms with E-state index in [2.05, 4.69) is 51.7 Å². The molecule has 158 valence electrons. The topological polar surface area (TPSA) is 73.8 Å². The molecule has 0 saturated carbocycles. The molecule has 1 heterocycles. The Hall–Kier alpha value is -1.60. The first-order valence-corrected chi connectivity index (χ1v) is 11.8. The molecule has 0 spiro atoms. The SMILES string of the molecule is CCNC(=NCCS(=O)(=O)C(C)(C)C)NC1CC(C)N(Cc2ccccc2)C1. The lowest BCUT2D eigenvalue weighted by atomic mass is 10.2. The number of nitrogens with one attached hydrogen (secondary N) is 2. The standard InChI is InChI=1S/C21H36N4O2S/c1-6-22-20(23-12-13-28(26,27)21(3,4)5)24-19-14-17(2)25(16-19)15-18-10-8-7-9-11-18/h7-11,17,19H,6,12-16H2,1-5H3,(H2,22,23,24). The fourth-order valence-corrected chi connectivity index (χ4v) is 4.28. The summed E-state index contributed by atoms with van der Waals surface area (Å²) in [5.74, 6) is 0.763. The van der Waals surface area contributed by atoms with Gasteiger partial charge in [0, 0.05) is 31.7 Å². The van der Waals surface area contributed by atoms with Crippen LogP contribution in [0.4, 0.5) is 0 Å². The minimum Gasteiger partial charge on any atom is -0.357 e. The lowest BCUT2D eigenvalue weighted by Crippen LogP contribution is -2.45. The summed E-state index contributed by atoms with van der Waals surface area (Å²) in [6, 6.07) is 11.3. The van der Waals surface area contributed by atoms with Crippen molar-refractivity contribution in [1.29, 1.82) is 0 Å². The quantitative estimate of drug-likeness (QED) is 0.535. The van der Waals surface area contributed by atoms with Gasteiger partial charge in [0.1, 0.15) is 0 Å². The summed E-state index contributed by atoms with van der Waals surface area (Å²) >= 11 is 0. The highest BCUT2D eigenvalue weighted by atomic mass is 32.2. The second-order valence-electron chi connectivity index (χ2n) is 8.53. The molecule has 0 amide bonds. The highest BCUT2D eigenvalue weighted by Gasteiger charge is 2.30. The molecule has 1 saturated heterocycles. The van der Waals surface area contributed by atoms with E-state index < -0.39 is 14.6 Å². The third kappa shape index (κ3) is 6.48. The molecule has 2 unspecified atom stereocenters. The average Bonchev–Trinajstić information content (AvgIpc) is 2.94. The summed E-state index contributed by atoms with van der Waals surface area (Å²) < 4.78 is 23.8. The predicted molar refractivity (Wildman–Crippen MR) is 117 cm³/mol. The molecule has 1 aliphatic heterocycles. The van der Waals surface area contributed by atoms with Gasteiger partial charge in [-0.15, -0.1) is 0 Å². The van der Waals surface area contributed by atoms with E-state index in [4.69, 9.17) is 0 Å². The molecule has 1 aliphatic rings. The number of hydrogen-bond donors (Lipinski definition) is 2. The van der Waals surface area contributed by atoms with Crippen LogP contribution in [0.15, 0.2) is 35.3 Å². The number of benzene rings is 1. The van der Waals surface area contributed by atoms with Crippen LogP contribution in [0.25, 0.3) is 0 Å². The van der Waals surface area contributed by atoms with Crippen molar-refractivity contribution < 1.29 is 8.42 Å². The minimum atomic E-state index is -3.16. The van der Waals surface area contributed by atoms with Crippen molar-refractivity contribution in [2.75, 3.05) is 25.4 Å². The maximum absolute atomic E-state index is 12.3. The summed E-state index contributed by atoms with van der Waals surface area (Å²) in [7, 11) is -3.16. The van der Waals surface area contributed by atoms with Gasteiger partial charge in [0.05, 0.1) is 17.0 Å². The van der Waals surface area contributed by atoms with Gasteiger partial charge in [0.25, 0.3) is 0 Å². The Morgan fingerprint density at radius 2 is 1.93 bits per heavy atom. The second-order valence-corrected chi connectivity index (χ2v) is 11.4. The molecule has 28 heavy (non-hydrogen) atoms. The van der Waals surface area contributed by atoms with Gasteiger partial charge in [-0.05, 0) is 46.6 Å². The normalized spacial score (nSPS) is 21.7. The monoisotopic (exact) mass is 408 g/mol. The Bertz CT molecular complexity index is 741. The fraction of sp³-hybridized carbons (Fsp3) is 0.667. The van der Waals surface area contributed by atoms with Gasteiger partial charge in [0.15, 0.2) is 15.8 Å². The van der Waals surface area contributed by atoms with Crippen LogP contribution in [-0.2, 0) is 16.4 Å². The number of nitrogens with zero attached hydrogens (tertiary/aromatic N) is 2. The molecular formula is C21H36N4O2S. The number of likely N-dealkylation sites (tertiary alicyclic amines) is 1. The van der Waals surface area contributed by atoms with Crippen LogP contribution in [0.3, 0.4) is 0 Å². The molecular weight excluding hydrogens is 372 g/mol. The Balaban J connectivity index is 1.93. The van der Waals surface area contributed by atoms with Crippen LogP contribution in [-0.4, -0.2) is 61.5 Å². The predicted octanol–water partition coefficient (Wildman–Crippen LogP) is 2.42. The van der Waals surface area contributed by atoms with E-state index in [1.807, 2.05) is 13.0 Å². The minimum absolute atomic E-state index is 0.0638. The van der Waals surface area contributed by atoms with E-state index in [1.165, 1.54) is 5.56 Å². The van der Waals surface area contributed by atoms with Crippen molar-refractivity contribution in [2.45, 2.75) is 64.4 Å². The summed E-state index contributed by atoms with van der Waals surface area (Å²) in [6.45, 7) is 12.4. The molecule has 0 aliphatic carbocycles. The first kappa shape index (κ1) is 22.7. The van der Waals surface area contributed by atoms with Gasteiger partial charge in [-0.3, -0.25) is 9.89 Å². The summed E-state index contributed by atoms with van der Waals surface area (Å²) in [5.41, 5.74) is 1.32. The Kier molecular flexibility index (Phi) is 7.89. The van der Waals surface area contributed by atoms with E-state index >= 15 is 0 Å². The molecule has 2 atom stereocenters. The van der Waals surface area contributed by atoms with Gasteiger partial charge in [-0.25, -0.2) is 8.42 Å². The van der Waals surface area contributed by atoms with Crippen molar-refractivity contribution in [2.24, 2.45) is 4.99 Å². The zero-order valence-electron chi connectivity index (χ0n) is 17.9. The van der Waals surface area contributed by atoms with E-state index in [0.717, 1.165) is 26.1 Å². The Labute approximate surface area is 170 Å². The second kappa shape index (κ2) is 9.74. The largest absolute Gasteiger partial charge is 0.357 e. The average molecular weight is 409 g/mol.